The highest BCUT2D eigenvalue weighted by Crippen LogP contribution is 2.30. The number of anilines is 1. The molecule has 4 rings (SSSR count). The number of H-pyrrole nitrogens is 1. The Labute approximate surface area is 188 Å². The number of carbonyl (C=O) groups excluding carboxylic acids is 1. The van der Waals surface area contributed by atoms with Crippen molar-refractivity contribution >= 4 is 11.6 Å². The van der Waals surface area contributed by atoms with E-state index in [0.717, 1.165) is 48.3 Å². The number of rotatable bonds is 5. The lowest BCUT2D eigenvalue weighted by Crippen LogP contribution is -2.38. The summed E-state index contributed by atoms with van der Waals surface area (Å²) in [5.74, 6) is 1.82. The summed E-state index contributed by atoms with van der Waals surface area (Å²) in [5.41, 5.74) is 11.4. The molecule has 7 nitrogen and oxygen atoms in total. The molecule has 164 valence electrons. The first-order valence-corrected chi connectivity index (χ1v) is 11.0. The lowest BCUT2D eigenvalue weighted by atomic mass is 9.89. The monoisotopic (exact) mass is 428 g/mol. The van der Waals surface area contributed by atoms with Crippen LogP contribution in [0.15, 0.2) is 36.4 Å². The quantitative estimate of drug-likeness (QED) is 0.593. The normalized spacial score (nSPS) is 14.3. The first-order chi connectivity index (χ1) is 15.5. The molecular weight excluding hydrogens is 400 g/mol. The molecule has 1 fully saturated rings. The van der Waals surface area contributed by atoms with Crippen LogP contribution in [0.4, 0.5) is 5.69 Å². The number of nitriles is 1. The summed E-state index contributed by atoms with van der Waals surface area (Å²) < 4.78 is 0. The summed E-state index contributed by atoms with van der Waals surface area (Å²) in [6, 6.07) is 14.1. The molecule has 0 radical (unpaired) electrons. The zero-order valence-electron chi connectivity index (χ0n) is 18.6. The second-order valence-electron chi connectivity index (χ2n) is 8.49. The zero-order chi connectivity index (χ0) is 22.7. The van der Waals surface area contributed by atoms with Gasteiger partial charge in [-0.05, 0) is 67.5 Å². The van der Waals surface area contributed by atoms with Crippen LogP contribution in [0.3, 0.4) is 0 Å². The Morgan fingerprint density at radius 3 is 2.56 bits per heavy atom. The number of hydrogen-bond acceptors (Lipinski definition) is 5. The average molecular weight is 429 g/mol. The third-order valence-corrected chi connectivity index (χ3v) is 6.25. The number of hydrogen-bond donors (Lipinski definition) is 2. The number of aromatic nitrogens is 3. The molecule has 0 saturated carbocycles. The molecule has 0 aliphatic carbocycles. The van der Waals surface area contributed by atoms with Crippen LogP contribution in [-0.4, -0.2) is 39.1 Å². The number of nitrogens with two attached hydrogens (primary N) is 1. The summed E-state index contributed by atoms with van der Waals surface area (Å²) in [5, 5.41) is 17.2. The first-order valence-electron chi connectivity index (χ1n) is 11.0. The van der Waals surface area contributed by atoms with Gasteiger partial charge in [0.1, 0.15) is 5.82 Å². The van der Waals surface area contributed by atoms with Crippen molar-refractivity contribution < 1.29 is 4.79 Å². The highest BCUT2D eigenvalue weighted by atomic mass is 16.2. The average Bonchev–Trinajstić information content (AvgIpc) is 3.27. The number of nitrogen functional groups attached to an aromatic ring is 1. The van der Waals surface area contributed by atoms with Crippen molar-refractivity contribution in [3.8, 4) is 17.5 Å². The summed E-state index contributed by atoms with van der Waals surface area (Å²) >= 11 is 0. The van der Waals surface area contributed by atoms with Gasteiger partial charge in [0, 0.05) is 42.7 Å². The van der Waals surface area contributed by atoms with Gasteiger partial charge in [-0.25, -0.2) is 0 Å². The Morgan fingerprint density at radius 2 is 1.88 bits per heavy atom. The van der Waals surface area contributed by atoms with Crippen LogP contribution < -0.4 is 5.73 Å². The predicted octanol–water partition coefficient (Wildman–Crippen LogP) is 4.15. The van der Waals surface area contributed by atoms with E-state index >= 15 is 0 Å². The fourth-order valence-corrected chi connectivity index (χ4v) is 4.40. The smallest absolute Gasteiger partial charge is 0.254 e. The molecule has 2 heterocycles. The molecule has 1 amide bonds. The van der Waals surface area contributed by atoms with Gasteiger partial charge in [-0.1, -0.05) is 18.2 Å². The van der Waals surface area contributed by atoms with Crippen molar-refractivity contribution in [1.29, 1.82) is 5.26 Å². The van der Waals surface area contributed by atoms with Crippen molar-refractivity contribution in [2.24, 2.45) is 0 Å². The van der Waals surface area contributed by atoms with Crippen molar-refractivity contribution in [3.05, 3.63) is 64.5 Å². The molecule has 1 aromatic heterocycles. The van der Waals surface area contributed by atoms with E-state index in [4.69, 9.17) is 11.0 Å². The maximum Gasteiger partial charge on any atom is 0.254 e. The molecule has 1 saturated heterocycles. The third-order valence-electron chi connectivity index (χ3n) is 6.25. The summed E-state index contributed by atoms with van der Waals surface area (Å²) in [4.78, 5) is 18.5. The fourth-order valence-electron chi connectivity index (χ4n) is 4.40. The maximum atomic E-state index is 13.4. The lowest BCUT2D eigenvalue weighted by molar-refractivity contribution is 0.0712. The van der Waals surface area contributed by atoms with Gasteiger partial charge in [0.15, 0.2) is 5.82 Å². The number of benzene rings is 2. The fraction of sp³-hybridized carbons (Fsp3) is 0.360. The second kappa shape index (κ2) is 9.23. The van der Waals surface area contributed by atoms with Crippen molar-refractivity contribution in [3.63, 3.8) is 0 Å². The van der Waals surface area contributed by atoms with E-state index < -0.39 is 0 Å². The lowest BCUT2D eigenvalue weighted by Gasteiger charge is -2.32. The molecule has 32 heavy (non-hydrogen) atoms. The van der Waals surface area contributed by atoms with Crippen molar-refractivity contribution in [2.45, 2.75) is 45.4 Å². The van der Waals surface area contributed by atoms with E-state index in [9.17, 15) is 4.79 Å². The van der Waals surface area contributed by atoms with E-state index in [0.29, 0.717) is 36.0 Å². The van der Waals surface area contributed by atoms with Crippen molar-refractivity contribution in [2.75, 3.05) is 18.8 Å². The molecule has 0 spiro atoms. The Hall–Kier alpha value is -3.66. The number of nitrogens with one attached hydrogen (secondary N) is 1. The van der Waals surface area contributed by atoms with Gasteiger partial charge in [0.25, 0.3) is 5.91 Å². The van der Waals surface area contributed by atoms with Gasteiger partial charge >= 0.3 is 0 Å². The van der Waals surface area contributed by atoms with E-state index in [1.807, 2.05) is 43.0 Å². The Balaban J connectivity index is 1.50. The van der Waals surface area contributed by atoms with Gasteiger partial charge in [-0.15, -0.1) is 10.2 Å². The Kier molecular flexibility index (Phi) is 6.22. The van der Waals surface area contributed by atoms with Gasteiger partial charge in [-0.3, -0.25) is 4.79 Å². The summed E-state index contributed by atoms with van der Waals surface area (Å²) in [6.07, 6.45) is 2.80. The number of amides is 1. The predicted molar refractivity (Wildman–Crippen MR) is 124 cm³/mol. The van der Waals surface area contributed by atoms with Gasteiger partial charge in [0.05, 0.1) is 6.07 Å². The molecule has 3 N–H and O–H groups in total. The molecule has 3 aromatic rings. The van der Waals surface area contributed by atoms with Crippen LogP contribution in [0.5, 0.6) is 0 Å². The van der Waals surface area contributed by atoms with Crippen LogP contribution in [-0.2, 0) is 6.42 Å². The van der Waals surface area contributed by atoms with E-state index in [1.165, 1.54) is 5.56 Å². The number of likely N-dealkylation sites (tertiary alicyclic amines) is 1. The largest absolute Gasteiger partial charge is 0.399 e. The van der Waals surface area contributed by atoms with Crippen LogP contribution in [0, 0.1) is 25.2 Å². The molecule has 1 aliphatic rings. The topological polar surface area (TPSA) is 112 Å². The van der Waals surface area contributed by atoms with E-state index in [-0.39, 0.29) is 5.91 Å². The van der Waals surface area contributed by atoms with E-state index in [1.54, 1.807) is 0 Å². The van der Waals surface area contributed by atoms with Gasteiger partial charge < -0.3 is 15.6 Å². The van der Waals surface area contributed by atoms with Crippen molar-refractivity contribution in [1.82, 2.24) is 20.1 Å². The molecular formula is C25H28N6O. The number of piperidine rings is 1. The highest BCUT2D eigenvalue weighted by molar-refractivity contribution is 5.97. The zero-order valence-corrected chi connectivity index (χ0v) is 18.6. The summed E-state index contributed by atoms with van der Waals surface area (Å²) in [6.45, 7) is 5.45. The molecule has 0 unspecified atom stereocenters. The van der Waals surface area contributed by atoms with E-state index in [2.05, 4.69) is 33.4 Å². The molecule has 0 bridgehead atoms. The minimum atomic E-state index is 0.0590. The molecule has 0 atom stereocenters. The van der Waals surface area contributed by atoms with Crippen LogP contribution >= 0.6 is 0 Å². The molecule has 7 heteroatoms. The van der Waals surface area contributed by atoms with Crippen LogP contribution in [0.25, 0.3) is 11.4 Å². The highest BCUT2D eigenvalue weighted by Gasteiger charge is 2.26. The van der Waals surface area contributed by atoms with Gasteiger partial charge in [-0.2, -0.15) is 5.26 Å². The van der Waals surface area contributed by atoms with Crippen LogP contribution in [0.1, 0.15) is 58.1 Å². The Bertz CT molecular complexity index is 1150. The minimum Gasteiger partial charge on any atom is -0.399 e. The molecule has 2 aromatic carbocycles. The minimum absolute atomic E-state index is 0.0590. The number of nitrogens with zero attached hydrogens (tertiary/aromatic N) is 4. The standard InChI is InChI=1S/C25H28N6O/c1-16-14-17(2)22(15-21(16)24-28-23(29-30-24)4-3-11-26)25(32)31-12-9-19(10-13-31)18-5-7-20(27)8-6-18/h5-8,14-15,19H,3-4,9-10,12-13,27H2,1-2H3,(H,28,29,30). The summed E-state index contributed by atoms with van der Waals surface area (Å²) in [7, 11) is 0. The molecule has 1 aliphatic heterocycles. The SMILES string of the molecule is Cc1cc(C)c(-c2nnc(CCC#N)[nH]2)cc1C(=O)N1CCC(c2ccc(N)cc2)CC1. The Morgan fingerprint density at radius 1 is 1.16 bits per heavy atom. The maximum absolute atomic E-state index is 13.4. The number of carbonyl (C=O) groups is 1. The first kappa shape index (κ1) is 21.6. The number of aromatic amines is 1. The third kappa shape index (κ3) is 4.50. The van der Waals surface area contributed by atoms with Gasteiger partial charge in [0.2, 0.25) is 0 Å². The second-order valence-corrected chi connectivity index (χ2v) is 8.49. The number of aryl methyl sites for hydroxylation is 3. The van der Waals surface area contributed by atoms with Crippen LogP contribution in [0.2, 0.25) is 0 Å².